The van der Waals surface area contributed by atoms with Gasteiger partial charge in [0.1, 0.15) is 11.1 Å². The van der Waals surface area contributed by atoms with Crippen LogP contribution in [0, 0.1) is 18.3 Å². The summed E-state index contributed by atoms with van der Waals surface area (Å²) in [5.41, 5.74) is 2.87. The number of rotatable bonds is 5. The summed E-state index contributed by atoms with van der Waals surface area (Å²) in [7, 11) is 0. The monoisotopic (exact) mass is 313 g/mol. The first-order valence-electron chi connectivity index (χ1n) is 7.13. The van der Waals surface area contributed by atoms with Gasteiger partial charge in [-0.1, -0.05) is 24.3 Å². The highest BCUT2D eigenvalue weighted by Gasteiger charge is 2.18. The number of nitrogens with one attached hydrogen (secondary N) is 2. The van der Waals surface area contributed by atoms with Crippen molar-refractivity contribution < 1.29 is 4.79 Å². The second-order valence-electron chi connectivity index (χ2n) is 5.23. The van der Waals surface area contributed by atoms with E-state index >= 15 is 0 Å². The minimum absolute atomic E-state index is 0.0701. The number of nitrogens with zero attached hydrogens (tertiary/aromatic N) is 1. The van der Waals surface area contributed by atoms with E-state index in [2.05, 4.69) is 35.8 Å². The Kier molecular flexibility index (Phi) is 5.31. The smallest absolute Gasteiger partial charge is 0.241 e. The quantitative estimate of drug-likeness (QED) is 0.886. The van der Waals surface area contributed by atoms with E-state index in [-0.39, 0.29) is 18.0 Å². The Hall–Kier alpha value is -2.16. The minimum atomic E-state index is -0.358. The maximum absolute atomic E-state index is 12.3. The second-order valence-corrected chi connectivity index (χ2v) is 6.15. The van der Waals surface area contributed by atoms with E-state index in [0.29, 0.717) is 10.6 Å². The standard InChI is InChI=1S/C17H19N3OS/c1-11-6-4-5-7-15(11)12(2)19-13(3)16(21)20-17-14(10-18)8-9-22-17/h4-9,12-13,19H,1-3H3,(H,20,21). The van der Waals surface area contributed by atoms with Crippen LogP contribution in [-0.4, -0.2) is 11.9 Å². The highest BCUT2D eigenvalue weighted by molar-refractivity contribution is 7.14. The van der Waals surface area contributed by atoms with Gasteiger partial charge in [0.2, 0.25) is 5.91 Å². The Labute approximate surface area is 134 Å². The number of benzene rings is 1. The maximum Gasteiger partial charge on any atom is 0.241 e. The molecule has 0 spiro atoms. The Morgan fingerprint density at radius 3 is 2.68 bits per heavy atom. The van der Waals surface area contributed by atoms with Gasteiger partial charge in [-0.05, 0) is 43.3 Å². The molecule has 5 heteroatoms. The number of aryl methyl sites for hydroxylation is 1. The van der Waals surface area contributed by atoms with Crippen LogP contribution in [0.15, 0.2) is 35.7 Å². The van der Waals surface area contributed by atoms with Crippen LogP contribution in [0.25, 0.3) is 0 Å². The van der Waals surface area contributed by atoms with Gasteiger partial charge in [0.25, 0.3) is 0 Å². The van der Waals surface area contributed by atoms with Gasteiger partial charge in [-0.2, -0.15) is 5.26 Å². The molecule has 2 rings (SSSR count). The summed E-state index contributed by atoms with van der Waals surface area (Å²) < 4.78 is 0. The van der Waals surface area contributed by atoms with Crippen LogP contribution >= 0.6 is 11.3 Å². The van der Waals surface area contributed by atoms with E-state index in [9.17, 15) is 4.79 Å². The van der Waals surface area contributed by atoms with E-state index in [0.717, 1.165) is 0 Å². The molecule has 1 aromatic heterocycles. The molecule has 2 aromatic rings. The van der Waals surface area contributed by atoms with Crippen molar-refractivity contribution in [2.24, 2.45) is 0 Å². The maximum atomic E-state index is 12.3. The molecule has 2 N–H and O–H groups in total. The van der Waals surface area contributed by atoms with Gasteiger partial charge in [-0.25, -0.2) is 0 Å². The van der Waals surface area contributed by atoms with Gasteiger partial charge >= 0.3 is 0 Å². The number of thiophene rings is 1. The van der Waals surface area contributed by atoms with E-state index in [1.165, 1.54) is 22.5 Å². The van der Waals surface area contributed by atoms with Crippen molar-refractivity contribution in [1.29, 1.82) is 5.26 Å². The zero-order valence-corrected chi connectivity index (χ0v) is 13.7. The molecule has 0 bridgehead atoms. The number of amides is 1. The minimum Gasteiger partial charge on any atom is -0.315 e. The molecule has 0 aliphatic heterocycles. The highest BCUT2D eigenvalue weighted by atomic mass is 32.1. The average Bonchev–Trinajstić information content (AvgIpc) is 2.94. The lowest BCUT2D eigenvalue weighted by Gasteiger charge is -2.21. The van der Waals surface area contributed by atoms with Crippen LogP contribution in [0.1, 0.15) is 36.6 Å². The summed E-state index contributed by atoms with van der Waals surface area (Å²) in [5, 5.41) is 17.5. The number of carbonyl (C=O) groups is 1. The molecule has 1 aromatic carbocycles. The molecule has 2 atom stereocenters. The fourth-order valence-corrected chi connectivity index (χ4v) is 3.07. The van der Waals surface area contributed by atoms with Crippen molar-refractivity contribution in [3.05, 3.63) is 52.4 Å². The van der Waals surface area contributed by atoms with Crippen LogP contribution in [0.4, 0.5) is 5.00 Å². The predicted octanol–water partition coefficient (Wildman–Crippen LogP) is 3.61. The second kappa shape index (κ2) is 7.21. The summed E-state index contributed by atoms with van der Waals surface area (Å²) in [6, 6.07) is 11.6. The van der Waals surface area contributed by atoms with Gasteiger partial charge < -0.3 is 5.32 Å². The van der Waals surface area contributed by atoms with Crippen molar-refractivity contribution >= 4 is 22.2 Å². The Morgan fingerprint density at radius 1 is 1.27 bits per heavy atom. The largest absolute Gasteiger partial charge is 0.315 e. The summed E-state index contributed by atoms with van der Waals surface area (Å²) in [6.07, 6.45) is 0. The summed E-state index contributed by atoms with van der Waals surface area (Å²) in [4.78, 5) is 12.3. The van der Waals surface area contributed by atoms with Gasteiger partial charge in [0.05, 0.1) is 11.6 Å². The first-order chi connectivity index (χ1) is 10.5. The summed E-state index contributed by atoms with van der Waals surface area (Å²) in [5.74, 6) is -0.139. The third-order valence-electron chi connectivity index (χ3n) is 3.57. The number of nitriles is 1. The number of carbonyl (C=O) groups excluding carboxylic acids is 1. The van der Waals surface area contributed by atoms with Crippen molar-refractivity contribution in [3.8, 4) is 6.07 Å². The zero-order chi connectivity index (χ0) is 16.1. The SMILES string of the molecule is Cc1ccccc1C(C)NC(C)C(=O)Nc1sccc1C#N. The van der Waals surface area contributed by atoms with Crippen LogP contribution in [-0.2, 0) is 4.79 Å². The molecule has 0 saturated heterocycles. The Bertz CT molecular complexity index is 702. The molecule has 1 heterocycles. The van der Waals surface area contributed by atoms with Crippen molar-refractivity contribution in [2.45, 2.75) is 32.9 Å². The van der Waals surface area contributed by atoms with E-state index in [4.69, 9.17) is 5.26 Å². The molecule has 114 valence electrons. The van der Waals surface area contributed by atoms with E-state index in [1.54, 1.807) is 11.4 Å². The third-order valence-corrected chi connectivity index (χ3v) is 4.40. The van der Waals surface area contributed by atoms with Gasteiger partial charge in [0.15, 0.2) is 0 Å². The lowest BCUT2D eigenvalue weighted by molar-refractivity contribution is -0.117. The molecular weight excluding hydrogens is 294 g/mol. The van der Waals surface area contributed by atoms with Crippen LogP contribution in [0.5, 0.6) is 0 Å². The Morgan fingerprint density at radius 2 is 2.00 bits per heavy atom. The molecule has 22 heavy (non-hydrogen) atoms. The fourth-order valence-electron chi connectivity index (χ4n) is 2.33. The third kappa shape index (κ3) is 3.73. The lowest BCUT2D eigenvalue weighted by Crippen LogP contribution is -2.39. The summed E-state index contributed by atoms with van der Waals surface area (Å²) in [6.45, 7) is 5.92. The average molecular weight is 313 g/mol. The molecule has 0 aliphatic rings. The van der Waals surface area contributed by atoms with Crippen LogP contribution in [0.3, 0.4) is 0 Å². The van der Waals surface area contributed by atoms with Crippen LogP contribution < -0.4 is 10.6 Å². The summed E-state index contributed by atoms with van der Waals surface area (Å²) >= 11 is 1.36. The van der Waals surface area contributed by atoms with E-state index in [1.807, 2.05) is 26.0 Å². The molecular formula is C17H19N3OS. The number of hydrogen-bond donors (Lipinski definition) is 2. The first-order valence-corrected chi connectivity index (χ1v) is 8.01. The normalized spacial score (nSPS) is 13.2. The molecule has 0 saturated carbocycles. The number of anilines is 1. The Balaban J connectivity index is 2.00. The first kappa shape index (κ1) is 16.2. The number of hydrogen-bond acceptors (Lipinski definition) is 4. The zero-order valence-electron chi connectivity index (χ0n) is 12.9. The topological polar surface area (TPSA) is 64.9 Å². The molecule has 0 fully saturated rings. The predicted molar refractivity (Wildman–Crippen MR) is 89.9 cm³/mol. The lowest BCUT2D eigenvalue weighted by atomic mass is 10.0. The van der Waals surface area contributed by atoms with Gasteiger partial charge in [0, 0.05) is 6.04 Å². The van der Waals surface area contributed by atoms with Crippen molar-refractivity contribution in [1.82, 2.24) is 5.32 Å². The van der Waals surface area contributed by atoms with E-state index < -0.39 is 0 Å². The van der Waals surface area contributed by atoms with Crippen molar-refractivity contribution in [3.63, 3.8) is 0 Å². The highest BCUT2D eigenvalue weighted by Crippen LogP contribution is 2.22. The molecule has 1 amide bonds. The van der Waals surface area contributed by atoms with Gasteiger partial charge in [-0.15, -0.1) is 11.3 Å². The van der Waals surface area contributed by atoms with Crippen LogP contribution in [0.2, 0.25) is 0 Å². The fraction of sp³-hybridized carbons (Fsp3) is 0.294. The van der Waals surface area contributed by atoms with Gasteiger partial charge in [-0.3, -0.25) is 10.1 Å². The molecule has 4 nitrogen and oxygen atoms in total. The molecule has 0 radical (unpaired) electrons. The molecule has 0 aliphatic carbocycles. The molecule has 2 unspecified atom stereocenters. The van der Waals surface area contributed by atoms with Crippen molar-refractivity contribution in [2.75, 3.05) is 5.32 Å².